The van der Waals surface area contributed by atoms with Crippen LogP contribution in [0.1, 0.15) is 74.1 Å². The minimum atomic E-state index is 0.0483. The van der Waals surface area contributed by atoms with Gasteiger partial charge in [-0.2, -0.15) is 0 Å². The largest absolute Gasteiger partial charge is 0.349 e. The molecule has 2 aromatic rings. The fourth-order valence-electron chi connectivity index (χ4n) is 4.42. The number of hydrogen-bond donors (Lipinski definition) is 2. The summed E-state index contributed by atoms with van der Waals surface area (Å²) >= 11 is 0. The lowest BCUT2D eigenvalue weighted by molar-refractivity contribution is -0.127. The monoisotopic (exact) mass is 376 g/mol. The Kier molecular flexibility index (Phi) is 6.11. The predicted molar refractivity (Wildman–Crippen MR) is 114 cm³/mol. The van der Waals surface area contributed by atoms with Crippen LogP contribution in [0.15, 0.2) is 54.6 Å². The predicted octanol–water partition coefficient (Wildman–Crippen LogP) is 5.09. The lowest BCUT2D eigenvalue weighted by Gasteiger charge is -2.32. The molecule has 4 rings (SSSR count). The Labute approximate surface area is 168 Å². The Hall–Kier alpha value is -2.13. The summed E-state index contributed by atoms with van der Waals surface area (Å²) in [6, 6.07) is 20.0. The van der Waals surface area contributed by atoms with Crippen molar-refractivity contribution >= 4 is 5.91 Å². The van der Waals surface area contributed by atoms with Gasteiger partial charge in [-0.05, 0) is 55.2 Å². The van der Waals surface area contributed by atoms with Crippen molar-refractivity contribution < 1.29 is 4.79 Å². The van der Waals surface area contributed by atoms with E-state index in [-0.39, 0.29) is 17.9 Å². The first-order chi connectivity index (χ1) is 13.7. The second kappa shape index (κ2) is 8.91. The van der Waals surface area contributed by atoms with E-state index in [1.54, 1.807) is 0 Å². The highest BCUT2D eigenvalue weighted by atomic mass is 16.1. The van der Waals surface area contributed by atoms with Gasteiger partial charge in [0.25, 0.3) is 0 Å². The van der Waals surface area contributed by atoms with E-state index in [9.17, 15) is 4.79 Å². The summed E-state index contributed by atoms with van der Waals surface area (Å²) in [5.41, 5.74) is 3.82. The molecule has 1 amide bonds. The van der Waals surface area contributed by atoms with Crippen molar-refractivity contribution in [2.75, 3.05) is 0 Å². The molecule has 2 fully saturated rings. The third kappa shape index (κ3) is 4.82. The standard InChI is InChI=1S/C25H32N2O/c1-18(20-7-3-2-4-8-20)27-25(28)24-10-6-5-9-23(24)21-13-11-19(12-14-21)17-26-22-15-16-22/h2-4,7-8,11-14,18,22-24,26H,5-6,9-10,15-17H2,1H3,(H,27,28)/t18-,23?,24-/m0/s1. The number of carbonyl (C=O) groups is 1. The molecule has 3 atom stereocenters. The maximum absolute atomic E-state index is 13.1. The molecule has 1 unspecified atom stereocenters. The first-order valence-corrected chi connectivity index (χ1v) is 10.9. The Morgan fingerprint density at radius 2 is 1.68 bits per heavy atom. The average Bonchev–Trinajstić information content (AvgIpc) is 3.58. The zero-order chi connectivity index (χ0) is 19.3. The summed E-state index contributed by atoms with van der Waals surface area (Å²) in [5.74, 6) is 0.623. The summed E-state index contributed by atoms with van der Waals surface area (Å²) in [6.45, 7) is 3.03. The van der Waals surface area contributed by atoms with Crippen molar-refractivity contribution in [1.29, 1.82) is 0 Å². The zero-order valence-corrected chi connectivity index (χ0v) is 16.9. The maximum Gasteiger partial charge on any atom is 0.224 e. The van der Waals surface area contributed by atoms with E-state index < -0.39 is 0 Å². The summed E-state index contributed by atoms with van der Waals surface area (Å²) in [7, 11) is 0. The van der Waals surface area contributed by atoms with E-state index in [1.165, 1.54) is 30.4 Å². The van der Waals surface area contributed by atoms with E-state index in [4.69, 9.17) is 0 Å². The van der Waals surface area contributed by atoms with E-state index >= 15 is 0 Å². The number of hydrogen-bond acceptors (Lipinski definition) is 2. The summed E-state index contributed by atoms with van der Waals surface area (Å²) in [6.07, 6.45) is 7.10. The molecule has 0 bridgehead atoms. The van der Waals surface area contributed by atoms with Crippen molar-refractivity contribution in [3.8, 4) is 0 Å². The number of rotatable bonds is 7. The van der Waals surface area contributed by atoms with E-state index in [0.29, 0.717) is 5.92 Å². The van der Waals surface area contributed by atoms with E-state index in [1.807, 2.05) is 18.2 Å². The van der Waals surface area contributed by atoms with Gasteiger partial charge in [0, 0.05) is 18.5 Å². The molecule has 0 heterocycles. The van der Waals surface area contributed by atoms with E-state index in [2.05, 4.69) is 54.0 Å². The molecule has 2 saturated carbocycles. The van der Waals surface area contributed by atoms with E-state index in [0.717, 1.165) is 37.4 Å². The van der Waals surface area contributed by atoms with Gasteiger partial charge in [0.15, 0.2) is 0 Å². The Morgan fingerprint density at radius 3 is 2.39 bits per heavy atom. The van der Waals surface area contributed by atoms with Gasteiger partial charge in [0.2, 0.25) is 5.91 Å². The van der Waals surface area contributed by atoms with Crippen LogP contribution < -0.4 is 10.6 Å². The van der Waals surface area contributed by atoms with Gasteiger partial charge in [-0.3, -0.25) is 4.79 Å². The highest BCUT2D eigenvalue weighted by molar-refractivity contribution is 5.80. The molecule has 148 valence electrons. The molecule has 3 nitrogen and oxygen atoms in total. The minimum Gasteiger partial charge on any atom is -0.349 e. The smallest absolute Gasteiger partial charge is 0.224 e. The van der Waals surface area contributed by atoms with Gasteiger partial charge in [-0.25, -0.2) is 0 Å². The molecule has 2 aliphatic rings. The highest BCUT2D eigenvalue weighted by Gasteiger charge is 2.32. The van der Waals surface area contributed by atoms with Gasteiger partial charge in [-0.15, -0.1) is 0 Å². The van der Waals surface area contributed by atoms with Gasteiger partial charge < -0.3 is 10.6 Å². The van der Waals surface area contributed by atoms with Crippen LogP contribution in [-0.2, 0) is 11.3 Å². The molecular formula is C25H32N2O. The van der Waals surface area contributed by atoms with Gasteiger partial charge >= 0.3 is 0 Å². The molecular weight excluding hydrogens is 344 g/mol. The zero-order valence-electron chi connectivity index (χ0n) is 16.9. The quantitative estimate of drug-likeness (QED) is 0.707. The van der Waals surface area contributed by atoms with Crippen molar-refractivity contribution in [2.45, 2.75) is 70.0 Å². The van der Waals surface area contributed by atoms with Crippen molar-refractivity contribution in [3.63, 3.8) is 0 Å². The van der Waals surface area contributed by atoms with Crippen LogP contribution in [0.2, 0.25) is 0 Å². The van der Waals surface area contributed by atoms with Gasteiger partial charge in [0.1, 0.15) is 0 Å². The first-order valence-electron chi connectivity index (χ1n) is 10.9. The van der Waals surface area contributed by atoms with Crippen LogP contribution in [0, 0.1) is 5.92 Å². The second-order valence-electron chi connectivity index (χ2n) is 8.54. The van der Waals surface area contributed by atoms with Crippen LogP contribution in [-0.4, -0.2) is 11.9 Å². The summed E-state index contributed by atoms with van der Waals surface area (Å²) in [4.78, 5) is 13.1. The molecule has 0 saturated heterocycles. The van der Waals surface area contributed by atoms with Crippen LogP contribution in [0.4, 0.5) is 0 Å². The van der Waals surface area contributed by atoms with Gasteiger partial charge in [0.05, 0.1) is 6.04 Å². The lowest BCUT2D eigenvalue weighted by Crippen LogP contribution is -2.37. The SMILES string of the molecule is C[C@H](NC(=O)[C@H]1CCCCC1c1ccc(CNC2CC2)cc1)c1ccccc1. The van der Waals surface area contributed by atoms with Crippen molar-refractivity contribution in [2.24, 2.45) is 5.92 Å². The fraction of sp³-hybridized carbons (Fsp3) is 0.480. The summed E-state index contributed by atoms with van der Waals surface area (Å²) in [5, 5.41) is 6.84. The topological polar surface area (TPSA) is 41.1 Å². The molecule has 2 N–H and O–H groups in total. The van der Waals surface area contributed by atoms with Crippen LogP contribution >= 0.6 is 0 Å². The van der Waals surface area contributed by atoms with Crippen LogP contribution in [0.25, 0.3) is 0 Å². The maximum atomic E-state index is 13.1. The normalized spacial score (nSPS) is 23.2. The third-order valence-corrected chi connectivity index (χ3v) is 6.34. The Bertz CT molecular complexity index is 767. The number of nitrogens with one attached hydrogen (secondary N) is 2. The molecule has 2 aromatic carbocycles. The fourth-order valence-corrected chi connectivity index (χ4v) is 4.42. The van der Waals surface area contributed by atoms with Crippen molar-refractivity contribution in [1.82, 2.24) is 10.6 Å². The minimum absolute atomic E-state index is 0.0483. The molecule has 0 aromatic heterocycles. The number of carbonyl (C=O) groups excluding carboxylic acids is 1. The molecule has 2 aliphatic carbocycles. The average molecular weight is 377 g/mol. The lowest BCUT2D eigenvalue weighted by atomic mass is 9.75. The number of amides is 1. The second-order valence-corrected chi connectivity index (χ2v) is 8.54. The highest BCUT2D eigenvalue weighted by Crippen LogP contribution is 2.38. The summed E-state index contributed by atoms with van der Waals surface area (Å²) < 4.78 is 0. The molecule has 0 spiro atoms. The van der Waals surface area contributed by atoms with Gasteiger partial charge in [-0.1, -0.05) is 67.4 Å². The third-order valence-electron chi connectivity index (χ3n) is 6.34. The first kappa shape index (κ1) is 19.2. The van der Waals surface area contributed by atoms with Crippen LogP contribution in [0.3, 0.4) is 0 Å². The molecule has 28 heavy (non-hydrogen) atoms. The Morgan fingerprint density at radius 1 is 0.964 bits per heavy atom. The van der Waals surface area contributed by atoms with Crippen LogP contribution in [0.5, 0.6) is 0 Å². The Balaban J connectivity index is 1.41. The molecule has 0 radical (unpaired) electrons. The number of benzene rings is 2. The molecule has 0 aliphatic heterocycles. The van der Waals surface area contributed by atoms with Crippen molar-refractivity contribution in [3.05, 3.63) is 71.3 Å². The molecule has 3 heteroatoms.